The lowest BCUT2D eigenvalue weighted by atomic mass is 9.91. The van der Waals surface area contributed by atoms with Crippen LogP contribution in [0, 0.1) is 0 Å². The Morgan fingerprint density at radius 1 is 1.02 bits per heavy atom. The highest BCUT2D eigenvalue weighted by Crippen LogP contribution is 2.39. The van der Waals surface area contributed by atoms with E-state index in [4.69, 9.17) is 0 Å². The first-order valence-corrected chi connectivity index (χ1v) is 15.4. The molecule has 0 unspecified atom stereocenters. The van der Waals surface area contributed by atoms with Crippen molar-refractivity contribution >= 4 is 45.3 Å². The van der Waals surface area contributed by atoms with Crippen LogP contribution < -0.4 is 21.3 Å². The molecule has 0 saturated carbocycles. The molecular weight excluding hydrogens is 552 g/mol. The summed E-state index contributed by atoms with van der Waals surface area (Å²) in [4.78, 5) is 52.4. The van der Waals surface area contributed by atoms with E-state index in [1.165, 1.54) is 21.6 Å². The van der Waals surface area contributed by atoms with Crippen LogP contribution in [0.15, 0.2) is 54.6 Å². The van der Waals surface area contributed by atoms with Gasteiger partial charge in [-0.15, -0.1) is 0 Å². The molecule has 0 aromatic heterocycles. The van der Waals surface area contributed by atoms with Crippen LogP contribution in [0.2, 0.25) is 0 Å². The Morgan fingerprint density at radius 2 is 1.73 bits per heavy atom. The zero-order valence-corrected chi connectivity index (χ0v) is 23.9. The predicted molar refractivity (Wildman–Crippen MR) is 155 cm³/mol. The van der Waals surface area contributed by atoms with Gasteiger partial charge in [0.15, 0.2) is 0 Å². The molecular formula is C28H34N4O6S2. The molecule has 0 bridgehead atoms. The predicted octanol–water partition coefficient (Wildman–Crippen LogP) is 1.79. The summed E-state index contributed by atoms with van der Waals surface area (Å²) in [5, 5.41) is 31.0. The van der Waals surface area contributed by atoms with Gasteiger partial charge in [-0.05, 0) is 50.1 Å². The quantitative estimate of drug-likeness (QED) is 0.278. The summed E-state index contributed by atoms with van der Waals surface area (Å²) in [6.07, 6.45) is 0.869. The van der Waals surface area contributed by atoms with Crippen LogP contribution in [0.3, 0.4) is 0 Å². The van der Waals surface area contributed by atoms with Crippen molar-refractivity contribution in [2.75, 3.05) is 12.3 Å². The molecule has 3 amide bonds. The molecule has 2 fully saturated rings. The van der Waals surface area contributed by atoms with Gasteiger partial charge in [-0.1, -0.05) is 64.1 Å². The molecule has 12 heteroatoms. The Hall–Kier alpha value is -3.22. The van der Waals surface area contributed by atoms with Crippen LogP contribution in [0.5, 0.6) is 5.75 Å². The highest BCUT2D eigenvalue weighted by Gasteiger charge is 2.41. The molecule has 2 saturated heterocycles. The average molecular weight is 587 g/mol. The molecule has 0 aliphatic carbocycles. The molecule has 2 heterocycles. The average Bonchev–Trinajstić information content (AvgIpc) is 3.40. The minimum absolute atomic E-state index is 0.139. The van der Waals surface area contributed by atoms with Crippen molar-refractivity contribution in [3.05, 3.63) is 65.7 Å². The van der Waals surface area contributed by atoms with E-state index in [1.54, 1.807) is 38.1 Å². The van der Waals surface area contributed by atoms with Crippen molar-refractivity contribution in [1.82, 2.24) is 21.3 Å². The van der Waals surface area contributed by atoms with Gasteiger partial charge < -0.3 is 31.5 Å². The van der Waals surface area contributed by atoms with E-state index in [0.717, 1.165) is 11.1 Å². The first-order valence-electron chi connectivity index (χ1n) is 13.1. The minimum atomic E-state index is -1.20. The molecule has 214 valence electrons. The molecule has 0 spiro atoms. The number of carbonyl (C=O) groups is 4. The van der Waals surface area contributed by atoms with Gasteiger partial charge in [-0.25, -0.2) is 4.79 Å². The van der Waals surface area contributed by atoms with Gasteiger partial charge in [0.2, 0.25) is 17.7 Å². The van der Waals surface area contributed by atoms with Gasteiger partial charge in [-0.3, -0.25) is 14.4 Å². The van der Waals surface area contributed by atoms with Crippen molar-refractivity contribution in [2.24, 2.45) is 0 Å². The fourth-order valence-corrected chi connectivity index (χ4v) is 7.72. The maximum Gasteiger partial charge on any atom is 0.327 e. The van der Waals surface area contributed by atoms with Crippen LogP contribution in [0.25, 0.3) is 0 Å². The van der Waals surface area contributed by atoms with Crippen molar-refractivity contribution in [3.63, 3.8) is 0 Å². The lowest BCUT2D eigenvalue weighted by Gasteiger charge is -2.31. The smallest absolute Gasteiger partial charge is 0.327 e. The topological polar surface area (TPSA) is 157 Å². The molecule has 4 rings (SSSR count). The van der Waals surface area contributed by atoms with Crippen molar-refractivity contribution < 1.29 is 29.4 Å². The van der Waals surface area contributed by atoms with Gasteiger partial charge in [0.05, 0.1) is 10.8 Å². The number of benzene rings is 2. The summed E-state index contributed by atoms with van der Waals surface area (Å²) in [6.45, 7) is 4.07. The maximum atomic E-state index is 13.5. The van der Waals surface area contributed by atoms with Crippen LogP contribution in [0.4, 0.5) is 0 Å². The Morgan fingerprint density at radius 3 is 2.40 bits per heavy atom. The van der Waals surface area contributed by atoms with Gasteiger partial charge in [0.1, 0.15) is 23.9 Å². The largest absolute Gasteiger partial charge is 0.508 e. The van der Waals surface area contributed by atoms with Crippen LogP contribution >= 0.6 is 21.6 Å². The first kappa shape index (κ1) is 29.8. The van der Waals surface area contributed by atoms with Crippen LogP contribution in [-0.2, 0) is 25.6 Å². The number of carboxylic acid groups (broad SMARTS) is 1. The summed E-state index contributed by atoms with van der Waals surface area (Å²) in [6, 6.07) is 12.1. The number of rotatable bonds is 6. The third kappa shape index (κ3) is 7.29. The Labute approximate surface area is 240 Å². The summed E-state index contributed by atoms with van der Waals surface area (Å²) < 4.78 is -0.914. The number of aromatic hydroxyl groups is 1. The Balaban J connectivity index is 1.56. The molecule has 2 aliphatic rings. The number of carbonyl (C=O) groups excluding carboxylic acids is 3. The number of aliphatic carboxylic acids is 1. The number of carboxylic acids is 1. The summed E-state index contributed by atoms with van der Waals surface area (Å²) in [7, 11) is 2.51. The summed E-state index contributed by atoms with van der Waals surface area (Å²) in [5.41, 5.74) is 1.70. The number of amides is 3. The van der Waals surface area contributed by atoms with Crippen molar-refractivity contribution in [2.45, 2.75) is 61.5 Å². The van der Waals surface area contributed by atoms with Gasteiger partial charge in [0, 0.05) is 18.1 Å². The third-order valence-electron chi connectivity index (χ3n) is 7.11. The fourth-order valence-electron chi connectivity index (χ4n) is 4.91. The highest BCUT2D eigenvalue weighted by atomic mass is 33.1. The molecule has 6 N–H and O–H groups in total. The number of phenols is 1. The Kier molecular flexibility index (Phi) is 9.64. The van der Waals surface area contributed by atoms with Crippen molar-refractivity contribution in [1.29, 1.82) is 0 Å². The van der Waals surface area contributed by atoms with E-state index >= 15 is 0 Å². The van der Waals surface area contributed by atoms with Crippen LogP contribution in [0.1, 0.15) is 37.3 Å². The monoisotopic (exact) mass is 586 g/mol. The SMILES string of the molecule is CC1(C)SSC[C@@H](NC(=O)[C@H]2NCC[C@@H]2c2ccc(O)cc2)C(=O)N[C@@H](Cc2ccccc2)C(=O)N[C@H]1C(=O)O. The second-order valence-electron chi connectivity index (χ2n) is 10.5. The van der Waals surface area contributed by atoms with Gasteiger partial charge in [0.25, 0.3) is 0 Å². The number of hydrogen-bond acceptors (Lipinski definition) is 8. The molecule has 2 aromatic rings. The minimum Gasteiger partial charge on any atom is -0.508 e. The van der Waals surface area contributed by atoms with E-state index < -0.39 is 46.7 Å². The zero-order chi connectivity index (χ0) is 28.9. The molecule has 40 heavy (non-hydrogen) atoms. The van der Waals surface area contributed by atoms with Crippen LogP contribution in [-0.4, -0.2) is 75.1 Å². The second-order valence-corrected chi connectivity index (χ2v) is 13.5. The standard InChI is InChI=1S/C28H34N4O6S2/c1-28(2)23(27(37)38)32-24(34)20(14-16-6-4-3-5-7-16)30-25(35)21(15-39-40-28)31-26(36)22-19(12-13-29-22)17-8-10-18(33)11-9-17/h3-11,19-23,29,33H,12-15H2,1-2H3,(H,30,35)(H,31,36)(H,32,34)(H,37,38)/t19-,20+,21-,22+,23+/m1/s1. The number of phenolic OH excluding ortho intramolecular Hbond substituents is 1. The molecule has 2 aliphatic heterocycles. The fraction of sp³-hybridized carbons (Fsp3) is 0.429. The molecule has 0 radical (unpaired) electrons. The van der Waals surface area contributed by atoms with Crippen molar-refractivity contribution in [3.8, 4) is 5.75 Å². The highest BCUT2D eigenvalue weighted by molar-refractivity contribution is 8.77. The van der Waals surface area contributed by atoms with E-state index in [-0.39, 0.29) is 29.7 Å². The second kappa shape index (κ2) is 13.0. The summed E-state index contributed by atoms with van der Waals surface area (Å²) in [5.74, 6) is -2.48. The van der Waals surface area contributed by atoms with E-state index in [0.29, 0.717) is 13.0 Å². The first-order chi connectivity index (χ1) is 19.0. The third-order valence-corrected chi connectivity index (χ3v) is 10.4. The number of hydrogen-bond donors (Lipinski definition) is 6. The normalized spacial score (nSPS) is 27.1. The zero-order valence-electron chi connectivity index (χ0n) is 22.3. The molecule has 5 atom stereocenters. The molecule has 2 aromatic carbocycles. The van der Waals surface area contributed by atoms with E-state index in [2.05, 4.69) is 21.3 Å². The van der Waals surface area contributed by atoms with Gasteiger partial charge >= 0.3 is 5.97 Å². The van der Waals surface area contributed by atoms with E-state index in [1.807, 2.05) is 30.3 Å². The Bertz CT molecular complexity index is 1230. The number of nitrogens with one attached hydrogen (secondary N) is 4. The lowest BCUT2D eigenvalue weighted by molar-refractivity contribution is -0.143. The molecule has 10 nitrogen and oxygen atoms in total. The maximum absolute atomic E-state index is 13.5. The summed E-state index contributed by atoms with van der Waals surface area (Å²) >= 11 is 0. The lowest BCUT2D eigenvalue weighted by Crippen LogP contribution is -2.59. The van der Waals surface area contributed by atoms with Gasteiger partial charge in [-0.2, -0.15) is 0 Å². The van der Waals surface area contributed by atoms with E-state index in [9.17, 15) is 29.4 Å².